The molecule has 0 atom stereocenters. The average Bonchev–Trinajstić information content (AvgIpc) is 2.86. The Labute approximate surface area is 192 Å². The molecule has 7 heteroatoms. The van der Waals surface area contributed by atoms with Crippen LogP contribution in [0.5, 0.6) is 0 Å². The Morgan fingerprint density at radius 2 is 1.76 bits per heavy atom. The van der Waals surface area contributed by atoms with Crippen molar-refractivity contribution in [3.63, 3.8) is 0 Å². The number of rotatable bonds is 5. The Balaban J connectivity index is 1.48. The molecule has 4 aromatic rings. The van der Waals surface area contributed by atoms with Crippen LogP contribution in [0.2, 0.25) is 0 Å². The van der Waals surface area contributed by atoms with Gasteiger partial charge in [0.25, 0.3) is 5.56 Å². The number of hydrogen-bond donors (Lipinski definition) is 1. The van der Waals surface area contributed by atoms with Crippen LogP contribution >= 0.6 is 0 Å². The van der Waals surface area contributed by atoms with E-state index < -0.39 is 0 Å². The van der Waals surface area contributed by atoms with Crippen LogP contribution in [-0.2, 0) is 4.74 Å². The lowest BCUT2D eigenvalue weighted by Crippen LogP contribution is -2.36. The summed E-state index contributed by atoms with van der Waals surface area (Å²) in [7, 11) is 0. The number of aliphatic imine (C=N–C) groups is 1. The Morgan fingerprint density at radius 3 is 2.52 bits per heavy atom. The highest BCUT2D eigenvalue weighted by Gasteiger charge is 2.13. The van der Waals surface area contributed by atoms with Crippen LogP contribution in [0.4, 0.5) is 22.9 Å². The molecule has 0 radical (unpaired) electrons. The molecule has 33 heavy (non-hydrogen) atoms. The number of ether oxygens (including phenoxy) is 1. The SMILES string of the molecule is Cc1ccc(Nc2nc3ccccn3c(=O)c2C=Nc2ccc(N3CCOCC3)cc2)cc1. The van der Waals surface area contributed by atoms with Gasteiger partial charge in [0.1, 0.15) is 17.0 Å². The second kappa shape index (κ2) is 9.26. The third kappa shape index (κ3) is 4.63. The lowest BCUT2D eigenvalue weighted by Gasteiger charge is -2.28. The highest BCUT2D eigenvalue weighted by molar-refractivity contribution is 5.89. The number of nitrogens with one attached hydrogen (secondary N) is 1. The Morgan fingerprint density at radius 1 is 1.00 bits per heavy atom. The number of morpholine rings is 1. The summed E-state index contributed by atoms with van der Waals surface area (Å²) in [5.74, 6) is 0.476. The second-order valence-electron chi connectivity index (χ2n) is 7.97. The summed E-state index contributed by atoms with van der Waals surface area (Å²) in [4.78, 5) is 24.8. The summed E-state index contributed by atoms with van der Waals surface area (Å²) in [6, 6.07) is 21.5. The van der Waals surface area contributed by atoms with Crippen LogP contribution in [-0.4, -0.2) is 41.9 Å². The van der Waals surface area contributed by atoms with E-state index in [1.165, 1.54) is 4.40 Å². The second-order valence-corrected chi connectivity index (χ2v) is 7.97. The standard InChI is InChI=1S/C26H25N5O2/c1-19-5-7-21(8-6-19)28-25-23(26(32)31-13-3-2-4-24(31)29-25)18-27-20-9-11-22(12-10-20)30-14-16-33-17-15-30/h2-13,18,28H,14-17H2,1H3. The Kier molecular flexibility index (Phi) is 5.87. The van der Waals surface area contributed by atoms with E-state index in [1.807, 2.05) is 61.5 Å². The average molecular weight is 440 g/mol. The predicted molar refractivity (Wildman–Crippen MR) is 133 cm³/mol. The zero-order valence-electron chi connectivity index (χ0n) is 18.4. The van der Waals surface area contributed by atoms with Crippen molar-refractivity contribution in [3.05, 3.63) is 94.4 Å². The minimum atomic E-state index is -0.177. The summed E-state index contributed by atoms with van der Waals surface area (Å²) >= 11 is 0. The maximum absolute atomic E-state index is 13.2. The smallest absolute Gasteiger partial charge is 0.268 e. The Hall–Kier alpha value is -3.97. The van der Waals surface area contributed by atoms with Gasteiger partial charge in [-0.1, -0.05) is 23.8 Å². The number of benzene rings is 2. The van der Waals surface area contributed by atoms with E-state index in [9.17, 15) is 4.79 Å². The highest BCUT2D eigenvalue weighted by Crippen LogP contribution is 2.22. The van der Waals surface area contributed by atoms with Crippen molar-refractivity contribution in [2.24, 2.45) is 4.99 Å². The van der Waals surface area contributed by atoms with Gasteiger partial charge in [0.05, 0.1) is 18.9 Å². The largest absolute Gasteiger partial charge is 0.378 e. The molecule has 1 saturated heterocycles. The van der Waals surface area contributed by atoms with Crippen molar-refractivity contribution in [1.82, 2.24) is 9.38 Å². The molecule has 2 aromatic carbocycles. The first-order valence-electron chi connectivity index (χ1n) is 11.0. The summed E-state index contributed by atoms with van der Waals surface area (Å²) < 4.78 is 6.96. The topological polar surface area (TPSA) is 71.2 Å². The molecule has 1 aliphatic heterocycles. The molecule has 0 bridgehead atoms. The zero-order valence-corrected chi connectivity index (χ0v) is 18.4. The first-order valence-corrected chi connectivity index (χ1v) is 11.0. The van der Waals surface area contributed by atoms with Crippen LogP contribution in [0, 0.1) is 6.92 Å². The summed E-state index contributed by atoms with van der Waals surface area (Å²) in [6.07, 6.45) is 3.31. The number of aryl methyl sites for hydroxylation is 1. The molecule has 0 amide bonds. The third-order valence-electron chi connectivity index (χ3n) is 5.65. The van der Waals surface area contributed by atoms with Gasteiger partial charge in [0, 0.05) is 36.9 Å². The fourth-order valence-electron chi connectivity index (χ4n) is 3.80. The van der Waals surface area contributed by atoms with Gasteiger partial charge >= 0.3 is 0 Å². The van der Waals surface area contributed by atoms with E-state index in [1.54, 1.807) is 12.4 Å². The van der Waals surface area contributed by atoms with E-state index in [0.29, 0.717) is 17.0 Å². The van der Waals surface area contributed by atoms with E-state index in [2.05, 4.69) is 32.3 Å². The monoisotopic (exact) mass is 439 g/mol. The van der Waals surface area contributed by atoms with Crippen molar-refractivity contribution in [1.29, 1.82) is 0 Å². The molecule has 1 fully saturated rings. The maximum atomic E-state index is 13.2. The van der Waals surface area contributed by atoms with Gasteiger partial charge in [0.15, 0.2) is 0 Å². The molecule has 3 heterocycles. The van der Waals surface area contributed by atoms with Crippen molar-refractivity contribution in [2.75, 3.05) is 36.5 Å². The van der Waals surface area contributed by atoms with Crippen molar-refractivity contribution in [3.8, 4) is 0 Å². The molecule has 1 aliphatic rings. The molecule has 7 nitrogen and oxygen atoms in total. The summed E-state index contributed by atoms with van der Waals surface area (Å²) in [5, 5.41) is 3.29. The Bertz CT molecular complexity index is 1340. The molecule has 5 rings (SSSR count). The van der Waals surface area contributed by atoms with E-state index in [-0.39, 0.29) is 5.56 Å². The highest BCUT2D eigenvalue weighted by atomic mass is 16.5. The minimum absolute atomic E-state index is 0.177. The fourth-order valence-corrected chi connectivity index (χ4v) is 3.80. The zero-order chi connectivity index (χ0) is 22.6. The van der Waals surface area contributed by atoms with Crippen LogP contribution in [0.15, 0.2) is 82.7 Å². The molecular weight excluding hydrogens is 414 g/mol. The molecule has 0 spiro atoms. The van der Waals surface area contributed by atoms with E-state index in [4.69, 9.17) is 4.74 Å². The predicted octanol–water partition coefficient (Wildman–Crippen LogP) is 4.33. The van der Waals surface area contributed by atoms with Gasteiger partial charge in [-0.25, -0.2) is 4.98 Å². The van der Waals surface area contributed by atoms with Gasteiger partial charge in [-0.15, -0.1) is 0 Å². The summed E-state index contributed by atoms with van der Waals surface area (Å²) in [5.41, 5.74) is 4.73. The van der Waals surface area contributed by atoms with Crippen LogP contribution in [0.3, 0.4) is 0 Å². The molecule has 0 aliphatic carbocycles. The molecule has 0 unspecified atom stereocenters. The van der Waals surface area contributed by atoms with Crippen molar-refractivity contribution in [2.45, 2.75) is 6.92 Å². The lowest BCUT2D eigenvalue weighted by atomic mass is 10.2. The number of aromatic nitrogens is 2. The summed E-state index contributed by atoms with van der Waals surface area (Å²) in [6.45, 7) is 5.30. The molecular formula is C26H25N5O2. The van der Waals surface area contributed by atoms with E-state index >= 15 is 0 Å². The molecule has 2 aromatic heterocycles. The first-order chi connectivity index (χ1) is 16.2. The minimum Gasteiger partial charge on any atom is -0.378 e. The first kappa shape index (κ1) is 20.9. The number of hydrogen-bond acceptors (Lipinski definition) is 6. The molecule has 1 N–H and O–H groups in total. The normalized spacial score (nSPS) is 14.2. The van der Waals surface area contributed by atoms with E-state index in [0.717, 1.165) is 48.9 Å². The number of nitrogens with zero attached hydrogens (tertiary/aromatic N) is 4. The van der Waals surface area contributed by atoms with Gasteiger partial charge in [-0.2, -0.15) is 0 Å². The molecule has 166 valence electrons. The van der Waals surface area contributed by atoms with Crippen LogP contribution < -0.4 is 15.8 Å². The number of pyridine rings is 1. The third-order valence-corrected chi connectivity index (χ3v) is 5.65. The van der Waals surface area contributed by atoms with Gasteiger partial charge in [-0.05, 0) is 55.5 Å². The van der Waals surface area contributed by atoms with Crippen LogP contribution in [0.25, 0.3) is 5.65 Å². The molecule has 0 saturated carbocycles. The van der Waals surface area contributed by atoms with Crippen molar-refractivity contribution >= 4 is 34.7 Å². The lowest BCUT2D eigenvalue weighted by molar-refractivity contribution is 0.122. The van der Waals surface area contributed by atoms with Gasteiger partial charge < -0.3 is 15.0 Å². The quantitative estimate of drug-likeness (QED) is 0.469. The number of fused-ring (bicyclic) bond motifs is 1. The van der Waals surface area contributed by atoms with Gasteiger partial charge in [0.2, 0.25) is 0 Å². The van der Waals surface area contributed by atoms with Crippen molar-refractivity contribution < 1.29 is 4.74 Å². The number of anilines is 3. The van der Waals surface area contributed by atoms with Crippen LogP contribution in [0.1, 0.15) is 11.1 Å². The fraction of sp³-hybridized carbons (Fsp3) is 0.192. The van der Waals surface area contributed by atoms with Gasteiger partial charge in [-0.3, -0.25) is 14.2 Å². The maximum Gasteiger partial charge on any atom is 0.268 e.